The summed E-state index contributed by atoms with van der Waals surface area (Å²) in [6, 6.07) is 3.32. The first kappa shape index (κ1) is 14.0. The van der Waals surface area contributed by atoms with Crippen molar-refractivity contribution in [3.8, 4) is 5.75 Å². The van der Waals surface area contributed by atoms with Crippen LogP contribution in [0.4, 0.5) is 0 Å². The lowest BCUT2D eigenvalue weighted by molar-refractivity contribution is 0.411. The standard InChI is InChI=1S/C11H18N2O3S/c1-8-7-11(9(2)6-10(8)16-3)17(14,15)13-5-4-12/h6-7,13H,4-5,12H2,1-3H3. The van der Waals surface area contributed by atoms with Gasteiger partial charge in [-0.3, -0.25) is 0 Å². The first-order chi connectivity index (χ1) is 7.92. The molecule has 17 heavy (non-hydrogen) atoms. The molecule has 0 aromatic heterocycles. The minimum atomic E-state index is -3.49. The third kappa shape index (κ3) is 3.18. The topological polar surface area (TPSA) is 81.4 Å². The van der Waals surface area contributed by atoms with E-state index >= 15 is 0 Å². The van der Waals surface area contributed by atoms with E-state index in [1.807, 2.05) is 0 Å². The molecule has 6 heteroatoms. The van der Waals surface area contributed by atoms with E-state index in [9.17, 15) is 8.42 Å². The highest BCUT2D eigenvalue weighted by Gasteiger charge is 2.17. The fourth-order valence-electron chi connectivity index (χ4n) is 1.54. The zero-order valence-electron chi connectivity index (χ0n) is 10.3. The minimum Gasteiger partial charge on any atom is -0.496 e. The predicted molar refractivity (Wildman–Crippen MR) is 66.7 cm³/mol. The van der Waals surface area contributed by atoms with E-state index in [4.69, 9.17) is 10.5 Å². The van der Waals surface area contributed by atoms with Gasteiger partial charge < -0.3 is 10.5 Å². The highest BCUT2D eigenvalue weighted by Crippen LogP contribution is 2.25. The molecule has 0 saturated heterocycles. The Balaban J connectivity index is 3.19. The van der Waals surface area contributed by atoms with Gasteiger partial charge in [-0.1, -0.05) is 0 Å². The number of benzene rings is 1. The Kier molecular flexibility index (Phi) is 4.50. The molecule has 0 aliphatic heterocycles. The van der Waals surface area contributed by atoms with Crippen molar-refractivity contribution in [1.82, 2.24) is 4.72 Å². The highest BCUT2D eigenvalue weighted by atomic mass is 32.2. The van der Waals surface area contributed by atoms with Crippen molar-refractivity contribution in [3.63, 3.8) is 0 Å². The molecule has 1 aromatic rings. The Bertz CT molecular complexity index is 498. The van der Waals surface area contributed by atoms with Gasteiger partial charge in [0.15, 0.2) is 0 Å². The monoisotopic (exact) mass is 258 g/mol. The molecule has 1 rings (SSSR count). The lowest BCUT2D eigenvalue weighted by Crippen LogP contribution is -2.29. The van der Waals surface area contributed by atoms with Gasteiger partial charge in [0.25, 0.3) is 0 Å². The van der Waals surface area contributed by atoms with Gasteiger partial charge >= 0.3 is 0 Å². The maximum absolute atomic E-state index is 12.0. The third-order valence-electron chi connectivity index (χ3n) is 2.42. The van der Waals surface area contributed by atoms with E-state index in [2.05, 4.69) is 4.72 Å². The molecular formula is C11H18N2O3S. The van der Waals surface area contributed by atoms with Gasteiger partial charge in [0.2, 0.25) is 10.0 Å². The third-order valence-corrected chi connectivity index (χ3v) is 4.02. The number of nitrogens with one attached hydrogen (secondary N) is 1. The number of hydrogen-bond donors (Lipinski definition) is 2. The number of sulfonamides is 1. The summed E-state index contributed by atoms with van der Waals surface area (Å²) in [5.74, 6) is 0.681. The summed E-state index contributed by atoms with van der Waals surface area (Å²) in [6.45, 7) is 4.04. The van der Waals surface area contributed by atoms with E-state index in [0.717, 1.165) is 5.56 Å². The second-order valence-corrected chi connectivity index (χ2v) is 5.51. The highest BCUT2D eigenvalue weighted by molar-refractivity contribution is 7.89. The van der Waals surface area contributed by atoms with Crippen LogP contribution in [0.5, 0.6) is 5.75 Å². The number of hydrogen-bond acceptors (Lipinski definition) is 4. The number of aryl methyl sites for hydroxylation is 2. The molecule has 0 spiro atoms. The molecule has 1 aromatic carbocycles. The molecule has 0 heterocycles. The maximum atomic E-state index is 12.0. The molecule has 0 amide bonds. The molecular weight excluding hydrogens is 240 g/mol. The molecule has 3 N–H and O–H groups in total. The number of methoxy groups -OCH3 is 1. The van der Waals surface area contributed by atoms with Crippen molar-refractivity contribution in [2.24, 2.45) is 5.73 Å². The van der Waals surface area contributed by atoms with E-state index in [-0.39, 0.29) is 18.0 Å². The van der Waals surface area contributed by atoms with Crippen LogP contribution >= 0.6 is 0 Å². The first-order valence-corrected chi connectivity index (χ1v) is 6.75. The van der Waals surface area contributed by atoms with Crippen LogP contribution in [0, 0.1) is 13.8 Å². The number of ether oxygens (including phenoxy) is 1. The van der Waals surface area contributed by atoms with E-state index in [1.54, 1.807) is 33.1 Å². The molecule has 0 fully saturated rings. The van der Waals surface area contributed by atoms with Crippen molar-refractivity contribution >= 4 is 10.0 Å². The largest absolute Gasteiger partial charge is 0.496 e. The Morgan fingerprint density at radius 1 is 1.29 bits per heavy atom. The summed E-state index contributed by atoms with van der Waals surface area (Å²) >= 11 is 0. The molecule has 0 aliphatic carbocycles. The average molecular weight is 258 g/mol. The van der Waals surface area contributed by atoms with Gasteiger partial charge in [0.1, 0.15) is 5.75 Å². The average Bonchev–Trinajstić information content (AvgIpc) is 2.28. The summed E-state index contributed by atoms with van der Waals surface area (Å²) in [5, 5.41) is 0. The predicted octanol–water partition coefficient (Wildman–Crippen LogP) is 0.549. The fourth-order valence-corrected chi connectivity index (χ4v) is 2.90. The summed E-state index contributed by atoms with van der Waals surface area (Å²) < 4.78 is 31.5. The zero-order chi connectivity index (χ0) is 13.1. The van der Waals surface area contributed by atoms with E-state index < -0.39 is 10.0 Å². The zero-order valence-corrected chi connectivity index (χ0v) is 11.1. The van der Waals surface area contributed by atoms with Crippen LogP contribution in [0.1, 0.15) is 11.1 Å². The summed E-state index contributed by atoms with van der Waals surface area (Å²) in [4.78, 5) is 0.268. The van der Waals surface area contributed by atoms with Gasteiger partial charge in [0, 0.05) is 13.1 Å². The molecule has 0 bridgehead atoms. The second-order valence-electron chi connectivity index (χ2n) is 3.77. The van der Waals surface area contributed by atoms with Gasteiger partial charge in [-0.25, -0.2) is 13.1 Å². The maximum Gasteiger partial charge on any atom is 0.240 e. The Morgan fingerprint density at radius 2 is 1.94 bits per heavy atom. The van der Waals surface area contributed by atoms with Crippen molar-refractivity contribution < 1.29 is 13.2 Å². The van der Waals surface area contributed by atoms with Crippen LogP contribution in [0.3, 0.4) is 0 Å². The lowest BCUT2D eigenvalue weighted by atomic mass is 10.1. The minimum absolute atomic E-state index is 0.229. The quantitative estimate of drug-likeness (QED) is 0.808. The number of nitrogens with two attached hydrogens (primary N) is 1. The Hall–Kier alpha value is -1.11. The van der Waals surface area contributed by atoms with Crippen LogP contribution in [0.2, 0.25) is 0 Å². The van der Waals surface area contributed by atoms with Crippen molar-refractivity contribution in [1.29, 1.82) is 0 Å². The van der Waals surface area contributed by atoms with Gasteiger partial charge in [-0.2, -0.15) is 0 Å². The van der Waals surface area contributed by atoms with Crippen molar-refractivity contribution in [2.75, 3.05) is 20.2 Å². The van der Waals surface area contributed by atoms with Crippen molar-refractivity contribution in [2.45, 2.75) is 18.7 Å². The molecule has 0 radical (unpaired) electrons. The second kappa shape index (κ2) is 5.48. The SMILES string of the molecule is COc1cc(C)c(S(=O)(=O)NCCN)cc1C. The summed E-state index contributed by atoms with van der Waals surface area (Å²) in [7, 11) is -1.93. The van der Waals surface area contributed by atoms with E-state index in [0.29, 0.717) is 11.3 Å². The Labute approximate surface area is 102 Å². The first-order valence-electron chi connectivity index (χ1n) is 5.27. The molecule has 96 valence electrons. The molecule has 0 atom stereocenters. The normalized spacial score (nSPS) is 11.5. The summed E-state index contributed by atoms with van der Waals surface area (Å²) in [6.07, 6.45) is 0. The molecule has 0 aliphatic rings. The van der Waals surface area contributed by atoms with Crippen LogP contribution in [-0.4, -0.2) is 28.6 Å². The fraction of sp³-hybridized carbons (Fsp3) is 0.455. The van der Waals surface area contributed by atoms with Crippen LogP contribution in [-0.2, 0) is 10.0 Å². The lowest BCUT2D eigenvalue weighted by Gasteiger charge is -2.12. The Morgan fingerprint density at radius 3 is 2.47 bits per heavy atom. The van der Waals surface area contributed by atoms with Gasteiger partial charge in [-0.15, -0.1) is 0 Å². The van der Waals surface area contributed by atoms with Gasteiger partial charge in [-0.05, 0) is 37.1 Å². The van der Waals surface area contributed by atoms with Crippen LogP contribution < -0.4 is 15.2 Å². The van der Waals surface area contributed by atoms with Crippen LogP contribution in [0.15, 0.2) is 17.0 Å². The number of rotatable bonds is 5. The van der Waals surface area contributed by atoms with Crippen molar-refractivity contribution in [3.05, 3.63) is 23.3 Å². The molecule has 0 saturated carbocycles. The smallest absolute Gasteiger partial charge is 0.240 e. The molecule has 0 unspecified atom stereocenters. The van der Waals surface area contributed by atoms with E-state index in [1.165, 1.54) is 0 Å². The summed E-state index contributed by atoms with van der Waals surface area (Å²) in [5.41, 5.74) is 6.71. The van der Waals surface area contributed by atoms with Crippen LogP contribution in [0.25, 0.3) is 0 Å². The molecule has 5 nitrogen and oxygen atoms in total. The van der Waals surface area contributed by atoms with Gasteiger partial charge in [0.05, 0.1) is 12.0 Å².